The van der Waals surface area contributed by atoms with Crippen LogP contribution in [-0.2, 0) is 19.9 Å². The molecule has 6 nitrogen and oxygen atoms in total. The number of benzene rings is 1. The molecule has 1 aromatic rings. The lowest BCUT2D eigenvalue weighted by Crippen LogP contribution is -2.29. The van der Waals surface area contributed by atoms with E-state index in [2.05, 4.69) is 4.72 Å². The van der Waals surface area contributed by atoms with E-state index in [9.17, 15) is 16.8 Å². The van der Waals surface area contributed by atoms with Crippen LogP contribution in [0.5, 0.6) is 5.75 Å². The molecule has 1 aliphatic rings. The van der Waals surface area contributed by atoms with Gasteiger partial charge in [0.25, 0.3) is 0 Å². The van der Waals surface area contributed by atoms with Crippen LogP contribution < -0.4 is 9.46 Å². The van der Waals surface area contributed by atoms with Crippen LogP contribution in [0.4, 0.5) is 0 Å². The van der Waals surface area contributed by atoms with Crippen LogP contribution in [0.25, 0.3) is 0 Å². The molecule has 0 bridgehead atoms. The third-order valence-corrected chi connectivity index (χ3v) is 6.53. The molecule has 112 valence electrons. The molecule has 1 N–H and O–H groups in total. The van der Waals surface area contributed by atoms with Crippen molar-refractivity contribution in [3.05, 3.63) is 24.3 Å². The summed E-state index contributed by atoms with van der Waals surface area (Å²) in [4.78, 5) is 0.138. The standard InChI is InChI=1S/C12H17NO5S2/c1-18-11-2-4-12(5-3-11)20(16,17)13-8-10-6-7-19(14,15)9-10/h2-5,10,13H,6-9H2,1H3. The summed E-state index contributed by atoms with van der Waals surface area (Å²) in [5.41, 5.74) is 0. The van der Waals surface area contributed by atoms with Crippen LogP contribution >= 0.6 is 0 Å². The second-order valence-electron chi connectivity index (χ2n) is 4.80. The third kappa shape index (κ3) is 3.71. The van der Waals surface area contributed by atoms with Crippen molar-refractivity contribution in [3.63, 3.8) is 0 Å². The number of hydrogen-bond acceptors (Lipinski definition) is 5. The van der Waals surface area contributed by atoms with Crippen molar-refractivity contribution in [3.8, 4) is 5.75 Å². The van der Waals surface area contributed by atoms with Gasteiger partial charge >= 0.3 is 0 Å². The average molecular weight is 319 g/mol. The normalized spacial score (nSPS) is 21.8. The Morgan fingerprint density at radius 2 is 1.95 bits per heavy atom. The first-order chi connectivity index (χ1) is 9.32. The molecule has 1 unspecified atom stereocenters. The Labute approximate surface area is 119 Å². The van der Waals surface area contributed by atoms with Crippen LogP contribution in [0.2, 0.25) is 0 Å². The molecule has 0 saturated carbocycles. The Kier molecular flexibility index (Phi) is 4.36. The second-order valence-corrected chi connectivity index (χ2v) is 8.79. The van der Waals surface area contributed by atoms with Gasteiger partial charge in [-0.05, 0) is 36.6 Å². The molecular weight excluding hydrogens is 302 g/mol. The van der Waals surface area contributed by atoms with Crippen molar-refractivity contribution >= 4 is 19.9 Å². The minimum Gasteiger partial charge on any atom is -0.497 e. The number of ether oxygens (including phenoxy) is 1. The Balaban J connectivity index is 2.00. The Morgan fingerprint density at radius 1 is 1.30 bits per heavy atom. The Morgan fingerprint density at radius 3 is 2.45 bits per heavy atom. The van der Waals surface area contributed by atoms with Gasteiger partial charge in [0.1, 0.15) is 5.75 Å². The number of sulfonamides is 1. The van der Waals surface area contributed by atoms with Gasteiger partial charge in [-0.15, -0.1) is 0 Å². The van der Waals surface area contributed by atoms with E-state index in [1.54, 1.807) is 12.1 Å². The van der Waals surface area contributed by atoms with E-state index in [1.807, 2.05) is 0 Å². The molecule has 1 heterocycles. The van der Waals surface area contributed by atoms with E-state index in [0.29, 0.717) is 12.2 Å². The fourth-order valence-electron chi connectivity index (χ4n) is 2.10. The predicted octanol–water partition coefficient (Wildman–Crippen LogP) is 0.408. The molecule has 2 rings (SSSR count). The minimum absolute atomic E-state index is 0.0537. The van der Waals surface area contributed by atoms with Crippen LogP contribution in [0.1, 0.15) is 6.42 Å². The fraction of sp³-hybridized carbons (Fsp3) is 0.500. The number of rotatable bonds is 5. The highest BCUT2D eigenvalue weighted by Crippen LogP contribution is 2.19. The highest BCUT2D eigenvalue weighted by Gasteiger charge is 2.28. The maximum absolute atomic E-state index is 12.0. The molecule has 1 saturated heterocycles. The second kappa shape index (κ2) is 5.71. The molecule has 1 fully saturated rings. The molecule has 8 heteroatoms. The van der Waals surface area contributed by atoms with Gasteiger partial charge in [-0.3, -0.25) is 0 Å². The monoisotopic (exact) mass is 319 g/mol. The smallest absolute Gasteiger partial charge is 0.240 e. The summed E-state index contributed by atoms with van der Waals surface area (Å²) >= 11 is 0. The van der Waals surface area contributed by atoms with Crippen LogP contribution in [0, 0.1) is 5.92 Å². The lowest BCUT2D eigenvalue weighted by Gasteiger charge is -2.10. The molecule has 1 aromatic carbocycles. The maximum Gasteiger partial charge on any atom is 0.240 e. The summed E-state index contributed by atoms with van der Waals surface area (Å²) in [5, 5.41) is 0. The first kappa shape index (κ1) is 15.3. The summed E-state index contributed by atoms with van der Waals surface area (Å²) < 4.78 is 54.2. The summed E-state index contributed by atoms with van der Waals surface area (Å²) in [6.45, 7) is 0.146. The van der Waals surface area contributed by atoms with Gasteiger partial charge in [-0.2, -0.15) is 0 Å². The zero-order chi connectivity index (χ0) is 14.8. The van der Waals surface area contributed by atoms with E-state index in [-0.39, 0.29) is 28.9 Å². The van der Waals surface area contributed by atoms with Crippen molar-refractivity contribution in [1.29, 1.82) is 0 Å². The predicted molar refractivity (Wildman–Crippen MR) is 74.9 cm³/mol. The average Bonchev–Trinajstić information content (AvgIpc) is 2.76. The van der Waals surface area contributed by atoms with E-state index < -0.39 is 19.9 Å². The minimum atomic E-state index is -3.61. The zero-order valence-electron chi connectivity index (χ0n) is 11.1. The van der Waals surface area contributed by atoms with Gasteiger partial charge in [0.2, 0.25) is 10.0 Å². The summed E-state index contributed by atoms with van der Waals surface area (Å²) in [7, 11) is -5.10. The molecule has 0 aliphatic carbocycles. The van der Waals surface area contributed by atoms with E-state index in [1.165, 1.54) is 19.2 Å². The van der Waals surface area contributed by atoms with Gasteiger partial charge in [-0.1, -0.05) is 0 Å². The number of sulfone groups is 1. The summed E-state index contributed by atoms with van der Waals surface area (Å²) in [5.74, 6) is 0.624. The first-order valence-corrected chi connectivity index (χ1v) is 9.47. The molecular formula is C12H17NO5S2. The van der Waals surface area contributed by atoms with Gasteiger partial charge < -0.3 is 4.74 Å². The van der Waals surface area contributed by atoms with E-state index in [0.717, 1.165) is 0 Å². The van der Waals surface area contributed by atoms with Crippen molar-refractivity contribution in [2.24, 2.45) is 5.92 Å². The third-order valence-electron chi connectivity index (χ3n) is 3.26. The van der Waals surface area contributed by atoms with Gasteiger partial charge in [0, 0.05) is 6.54 Å². The molecule has 1 aliphatic heterocycles. The first-order valence-electron chi connectivity index (χ1n) is 6.16. The highest BCUT2D eigenvalue weighted by atomic mass is 32.2. The molecule has 0 aromatic heterocycles. The lowest BCUT2D eigenvalue weighted by atomic mass is 10.1. The topological polar surface area (TPSA) is 89.5 Å². The fourth-order valence-corrected chi connectivity index (χ4v) is 5.08. The van der Waals surface area contributed by atoms with Crippen molar-refractivity contribution < 1.29 is 21.6 Å². The number of hydrogen-bond donors (Lipinski definition) is 1. The Hall–Kier alpha value is -1.12. The largest absolute Gasteiger partial charge is 0.497 e. The van der Waals surface area contributed by atoms with Crippen molar-refractivity contribution in [1.82, 2.24) is 4.72 Å². The summed E-state index contributed by atoms with van der Waals surface area (Å²) in [6, 6.07) is 6.03. The van der Waals surface area contributed by atoms with Crippen molar-refractivity contribution in [2.45, 2.75) is 11.3 Å². The quantitative estimate of drug-likeness (QED) is 0.849. The van der Waals surface area contributed by atoms with Crippen LogP contribution in [0.15, 0.2) is 29.2 Å². The molecule has 0 radical (unpaired) electrons. The zero-order valence-corrected chi connectivity index (χ0v) is 12.7. The molecule has 0 amide bonds. The lowest BCUT2D eigenvalue weighted by molar-refractivity contribution is 0.414. The van der Waals surface area contributed by atoms with Gasteiger partial charge in [0.15, 0.2) is 9.84 Å². The molecule has 1 atom stereocenters. The van der Waals surface area contributed by atoms with Crippen LogP contribution in [-0.4, -0.2) is 42.0 Å². The highest BCUT2D eigenvalue weighted by molar-refractivity contribution is 7.91. The van der Waals surface area contributed by atoms with Gasteiger partial charge in [0.05, 0.1) is 23.5 Å². The van der Waals surface area contributed by atoms with Crippen LogP contribution in [0.3, 0.4) is 0 Å². The summed E-state index contributed by atoms with van der Waals surface area (Å²) in [6.07, 6.45) is 0.507. The van der Waals surface area contributed by atoms with Crippen molar-refractivity contribution in [2.75, 3.05) is 25.2 Å². The SMILES string of the molecule is COc1ccc(S(=O)(=O)NCC2CCS(=O)(=O)C2)cc1. The van der Waals surface area contributed by atoms with E-state index in [4.69, 9.17) is 4.74 Å². The Bertz CT molecular complexity index is 664. The van der Waals surface area contributed by atoms with E-state index >= 15 is 0 Å². The molecule has 20 heavy (non-hydrogen) atoms. The van der Waals surface area contributed by atoms with Gasteiger partial charge in [-0.25, -0.2) is 21.6 Å². The number of nitrogens with one attached hydrogen (secondary N) is 1. The molecule has 0 spiro atoms. The number of methoxy groups -OCH3 is 1. The maximum atomic E-state index is 12.0.